The molecule has 0 spiro atoms. The summed E-state index contributed by atoms with van der Waals surface area (Å²) in [6.07, 6.45) is 10.3. The minimum absolute atomic E-state index is 0.292. The molecule has 1 aromatic heterocycles. The number of aromatic nitrogens is 1. The maximum Gasteiger partial charge on any atom is 0.278 e. The van der Waals surface area contributed by atoms with Crippen LogP contribution in [-0.2, 0) is 0 Å². The molecule has 32 heavy (non-hydrogen) atoms. The normalized spacial score (nSPS) is 27.8. The van der Waals surface area contributed by atoms with Gasteiger partial charge in [-0.3, -0.25) is 4.79 Å². The molecule has 2 heterocycles. The molecule has 1 saturated carbocycles. The van der Waals surface area contributed by atoms with Gasteiger partial charge in [-0.2, -0.15) is 5.01 Å². The summed E-state index contributed by atoms with van der Waals surface area (Å²) < 4.78 is 5.70. The summed E-state index contributed by atoms with van der Waals surface area (Å²) in [6.45, 7) is 8.31. The Balaban J connectivity index is 1.52. The third-order valence-electron chi connectivity index (χ3n) is 7.69. The second-order valence-electron chi connectivity index (χ2n) is 9.85. The number of amides is 1. The van der Waals surface area contributed by atoms with Gasteiger partial charge in [0.25, 0.3) is 5.91 Å². The lowest BCUT2D eigenvalue weighted by Crippen LogP contribution is -2.49. The Morgan fingerprint density at radius 2 is 2.00 bits per heavy atom. The van der Waals surface area contributed by atoms with Gasteiger partial charge in [-0.15, -0.1) is 0 Å². The van der Waals surface area contributed by atoms with Crippen LogP contribution in [0, 0.1) is 18.8 Å². The Morgan fingerprint density at radius 1 is 1.28 bits per heavy atom. The molecule has 7 heteroatoms. The van der Waals surface area contributed by atoms with Crippen LogP contribution < -0.4 is 5.32 Å². The van der Waals surface area contributed by atoms with E-state index in [9.17, 15) is 9.90 Å². The first-order valence-corrected chi connectivity index (χ1v) is 12.2. The summed E-state index contributed by atoms with van der Waals surface area (Å²) in [5.41, 5.74) is 3.62. The number of carbonyl (C=O) groups excluding carboxylic acids is 1. The van der Waals surface area contributed by atoms with Crippen LogP contribution >= 0.6 is 0 Å². The molecule has 1 aromatic rings. The SMILES string of the molecule is CCC1CC(C)CC=C1c1onc(C(=O)NC2=C(C)N(C)N(C3CCCCC3)C2O)c1C. The summed E-state index contributed by atoms with van der Waals surface area (Å²) >= 11 is 0. The van der Waals surface area contributed by atoms with E-state index in [2.05, 4.69) is 30.4 Å². The second-order valence-corrected chi connectivity index (χ2v) is 9.85. The first kappa shape index (κ1) is 23.1. The molecule has 1 fully saturated rings. The van der Waals surface area contributed by atoms with E-state index < -0.39 is 6.23 Å². The Bertz CT molecular complexity index is 912. The lowest BCUT2D eigenvalue weighted by atomic mass is 9.79. The summed E-state index contributed by atoms with van der Waals surface area (Å²) in [6, 6.07) is 0.292. The fourth-order valence-corrected chi connectivity index (χ4v) is 5.64. The van der Waals surface area contributed by atoms with Crippen molar-refractivity contribution in [3.8, 4) is 0 Å². The standard InChI is InChI=1S/C25H38N4O3/c1-6-18-14-15(2)12-13-20(18)23-16(3)21(27-32-23)24(30)26-22-17(4)28(5)29(25(22)31)19-10-8-7-9-11-19/h13,15,18-19,25,31H,6-12,14H2,1-5H3,(H,26,30). The van der Waals surface area contributed by atoms with Gasteiger partial charge in [-0.1, -0.05) is 44.3 Å². The van der Waals surface area contributed by atoms with Crippen molar-refractivity contribution in [1.29, 1.82) is 0 Å². The van der Waals surface area contributed by atoms with Crippen molar-refractivity contribution in [2.75, 3.05) is 7.05 Å². The van der Waals surface area contributed by atoms with E-state index in [0.29, 0.717) is 29.3 Å². The Hall–Kier alpha value is -2.12. The zero-order chi connectivity index (χ0) is 23.0. The summed E-state index contributed by atoms with van der Waals surface area (Å²) in [5, 5.41) is 22.1. The van der Waals surface area contributed by atoms with E-state index in [4.69, 9.17) is 4.52 Å². The van der Waals surface area contributed by atoms with Crippen molar-refractivity contribution in [1.82, 2.24) is 20.5 Å². The summed E-state index contributed by atoms with van der Waals surface area (Å²) in [5.74, 6) is 1.49. The van der Waals surface area contributed by atoms with E-state index >= 15 is 0 Å². The third-order valence-corrected chi connectivity index (χ3v) is 7.69. The van der Waals surface area contributed by atoms with Crippen LogP contribution in [0.5, 0.6) is 0 Å². The van der Waals surface area contributed by atoms with Gasteiger partial charge in [0, 0.05) is 24.4 Å². The number of allylic oxidation sites excluding steroid dienone is 3. The number of carbonyl (C=O) groups is 1. The average molecular weight is 443 g/mol. The molecule has 0 radical (unpaired) electrons. The fourth-order valence-electron chi connectivity index (χ4n) is 5.64. The van der Waals surface area contributed by atoms with E-state index in [1.165, 1.54) is 24.8 Å². The average Bonchev–Trinajstić information content (AvgIpc) is 3.27. The van der Waals surface area contributed by atoms with Gasteiger partial charge in [0.2, 0.25) is 0 Å². The minimum Gasteiger partial charge on any atom is -0.371 e. The monoisotopic (exact) mass is 442 g/mol. The van der Waals surface area contributed by atoms with Crippen LogP contribution in [-0.4, -0.2) is 45.5 Å². The topological polar surface area (TPSA) is 81.8 Å². The molecule has 3 atom stereocenters. The van der Waals surface area contributed by atoms with Crippen molar-refractivity contribution in [3.63, 3.8) is 0 Å². The largest absolute Gasteiger partial charge is 0.371 e. The number of hydrazine groups is 1. The number of hydrogen-bond acceptors (Lipinski definition) is 6. The van der Waals surface area contributed by atoms with Crippen LogP contribution in [0.15, 0.2) is 22.0 Å². The molecule has 0 saturated heterocycles. The Morgan fingerprint density at radius 3 is 2.69 bits per heavy atom. The van der Waals surface area contributed by atoms with Gasteiger partial charge >= 0.3 is 0 Å². The molecule has 0 aromatic carbocycles. The van der Waals surface area contributed by atoms with Gasteiger partial charge in [-0.05, 0) is 63.4 Å². The van der Waals surface area contributed by atoms with Crippen LogP contribution in [0.3, 0.4) is 0 Å². The smallest absolute Gasteiger partial charge is 0.278 e. The highest BCUT2D eigenvalue weighted by atomic mass is 16.5. The van der Waals surface area contributed by atoms with Crippen molar-refractivity contribution >= 4 is 11.5 Å². The third kappa shape index (κ3) is 4.13. The molecule has 2 N–H and O–H groups in total. The number of aliphatic hydroxyl groups excluding tert-OH is 1. The maximum atomic E-state index is 13.2. The lowest BCUT2D eigenvalue weighted by molar-refractivity contribution is -0.106. The number of aliphatic hydroxyl groups is 1. The molecule has 4 rings (SSSR count). The number of nitrogens with one attached hydrogen (secondary N) is 1. The lowest BCUT2D eigenvalue weighted by Gasteiger charge is -2.38. The molecule has 2 aliphatic carbocycles. The van der Waals surface area contributed by atoms with Crippen LogP contribution in [0.1, 0.15) is 93.9 Å². The van der Waals surface area contributed by atoms with Gasteiger partial charge < -0.3 is 20.0 Å². The van der Waals surface area contributed by atoms with E-state index in [-0.39, 0.29) is 5.91 Å². The van der Waals surface area contributed by atoms with E-state index in [1.807, 2.05) is 30.9 Å². The highest BCUT2D eigenvalue weighted by molar-refractivity contribution is 5.95. The van der Waals surface area contributed by atoms with Crippen molar-refractivity contribution in [3.05, 3.63) is 34.5 Å². The zero-order valence-electron chi connectivity index (χ0n) is 20.1. The van der Waals surface area contributed by atoms with Crippen LogP contribution in [0.2, 0.25) is 0 Å². The number of hydrogen-bond donors (Lipinski definition) is 2. The minimum atomic E-state index is -0.856. The molecule has 3 aliphatic rings. The quantitative estimate of drug-likeness (QED) is 0.694. The molecule has 3 unspecified atom stereocenters. The van der Waals surface area contributed by atoms with E-state index in [1.54, 1.807) is 0 Å². The number of nitrogens with zero attached hydrogens (tertiary/aromatic N) is 3. The first-order chi connectivity index (χ1) is 15.3. The summed E-state index contributed by atoms with van der Waals surface area (Å²) in [4.78, 5) is 13.2. The Labute approximate surface area is 191 Å². The molecule has 0 bridgehead atoms. The maximum absolute atomic E-state index is 13.2. The predicted molar refractivity (Wildman–Crippen MR) is 124 cm³/mol. The van der Waals surface area contributed by atoms with Crippen molar-refractivity contribution in [2.45, 2.75) is 91.3 Å². The van der Waals surface area contributed by atoms with Gasteiger partial charge in [0.05, 0.1) is 5.70 Å². The van der Waals surface area contributed by atoms with Crippen LogP contribution in [0.25, 0.3) is 5.57 Å². The van der Waals surface area contributed by atoms with Crippen molar-refractivity contribution in [2.24, 2.45) is 11.8 Å². The first-order valence-electron chi connectivity index (χ1n) is 12.2. The Kier molecular flexibility index (Phi) is 6.77. The summed E-state index contributed by atoms with van der Waals surface area (Å²) in [7, 11) is 1.95. The van der Waals surface area contributed by atoms with Crippen LogP contribution in [0.4, 0.5) is 0 Å². The second kappa shape index (κ2) is 9.40. The molecular weight excluding hydrogens is 404 g/mol. The highest BCUT2D eigenvalue weighted by Crippen LogP contribution is 2.39. The number of rotatable bonds is 5. The zero-order valence-corrected chi connectivity index (χ0v) is 20.1. The predicted octanol–water partition coefficient (Wildman–Crippen LogP) is 4.60. The highest BCUT2D eigenvalue weighted by Gasteiger charge is 2.40. The fraction of sp³-hybridized carbons (Fsp3) is 0.680. The molecule has 7 nitrogen and oxygen atoms in total. The molecule has 176 valence electrons. The van der Waals surface area contributed by atoms with Gasteiger partial charge in [0.1, 0.15) is 0 Å². The molecular formula is C25H38N4O3. The van der Waals surface area contributed by atoms with Crippen molar-refractivity contribution < 1.29 is 14.4 Å². The van der Waals surface area contributed by atoms with Gasteiger partial charge in [-0.25, -0.2) is 0 Å². The molecule has 1 amide bonds. The van der Waals surface area contributed by atoms with E-state index in [0.717, 1.165) is 49.1 Å². The molecule has 1 aliphatic heterocycles. The van der Waals surface area contributed by atoms with Gasteiger partial charge in [0.15, 0.2) is 17.7 Å².